The van der Waals surface area contributed by atoms with Gasteiger partial charge in [0, 0.05) is 46.0 Å². The second kappa shape index (κ2) is 12.0. The predicted octanol–water partition coefficient (Wildman–Crippen LogP) is 2.10. The van der Waals surface area contributed by atoms with E-state index in [4.69, 9.17) is 0 Å². The van der Waals surface area contributed by atoms with Crippen molar-refractivity contribution in [3.8, 4) is 0 Å². The number of nitrogens with zero attached hydrogens (tertiary/aromatic N) is 3. The van der Waals surface area contributed by atoms with Gasteiger partial charge >= 0.3 is 0 Å². The second-order valence-electron chi connectivity index (χ2n) is 6.46. The van der Waals surface area contributed by atoms with Crippen molar-refractivity contribution in [3.63, 3.8) is 0 Å². The molecule has 1 aromatic carbocycles. The number of anilines is 1. The number of likely N-dealkylation sites (N-methyl/N-ethyl adjacent to an activating group) is 1. The molecule has 144 valence electrons. The number of rotatable bonds is 10. The summed E-state index contributed by atoms with van der Waals surface area (Å²) >= 11 is 0. The van der Waals surface area contributed by atoms with Crippen LogP contribution >= 0.6 is 0 Å². The molecule has 6 nitrogen and oxygen atoms in total. The molecule has 0 unspecified atom stereocenters. The maximum Gasteiger partial charge on any atom is 0.243 e. The number of amides is 1. The number of carbonyl (C=O) groups excluding carboxylic acids is 1. The zero-order chi connectivity index (χ0) is 19.4. The Bertz CT molecular complexity index is 583. The van der Waals surface area contributed by atoms with Crippen LogP contribution in [-0.2, 0) is 4.79 Å². The quantitative estimate of drug-likeness (QED) is 0.291. The molecule has 0 radical (unpaired) electrons. The molecular formula is C20H33N5O. The van der Waals surface area contributed by atoms with Gasteiger partial charge in [-0.05, 0) is 32.4 Å². The monoisotopic (exact) mass is 359 g/mol. The predicted molar refractivity (Wildman–Crippen MR) is 111 cm³/mol. The Hall–Kier alpha value is -2.50. The maximum absolute atomic E-state index is 11.7. The third-order valence-electron chi connectivity index (χ3n) is 3.83. The molecule has 0 saturated carbocycles. The molecule has 0 bridgehead atoms. The van der Waals surface area contributed by atoms with Crippen molar-refractivity contribution in [1.29, 1.82) is 0 Å². The van der Waals surface area contributed by atoms with Crippen LogP contribution in [-0.4, -0.2) is 63.6 Å². The van der Waals surface area contributed by atoms with Gasteiger partial charge in [0.15, 0.2) is 5.96 Å². The summed E-state index contributed by atoms with van der Waals surface area (Å²) in [6, 6.07) is 10.4. The van der Waals surface area contributed by atoms with Gasteiger partial charge in [0.1, 0.15) is 6.54 Å². The van der Waals surface area contributed by atoms with Gasteiger partial charge in [0.05, 0.1) is 0 Å². The summed E-state index contributed by atoms with van der Waals surface area (Å²) in [4.78, 5) is 20.0. The third kappa shape index (κ3) is 8.55. The lowest BCUT2D eigenvalue weighted by Gasteiger charge is -2.23. The van der Waals surface area contributed by atoms with E-state index in [9.17, 15) is 4.79 Å². The molecule has 6 heteroatoms. The van der Waals surface area contributed by atoms with Gasteiger partial charge in [-0.2, -0.15) is 0 Å². The lowest BCUT2D eigenvalue weighted by Crippen LogP contribution is -2.40. The highest BCUT2D eigenvalue weighted by Crippen LogP contribution is 2.12. The highest BCUT2D eigenvalue weighted by Gasteiger charge is 2.06. The second-order valence-corrected chi connectivity index (χ2v) is 6.46. The standard InChI is InChI=1S/C20H33N5O/c1-6-25(18-11-8-7-9-12-18)14-10-13-21-20(22-15-17(2)3)23-16-19(26)24(4)5/h7-9,11-12H,2,6,10,13-16H2,1,3-5H3,(H2,21,22,23). The number of para-hydroxylation sites is 1. The van der Waals surface area contributed by atoms with Crippen molar-refractivity contribution >= 4 is 17.6 Å². The van der Waals surface area contributed by atoms with E-state index < -0.39 is 0 Å². The molecule has 0 aromatic heterocycles. The van der Waals surface area contributed by atoms with E-state index in [0.29, 0.717) is 12.5 Å². The molecule has 0 atom stereocenters. The molecule has 0 aliphatic carbocycles. The molecule has 26 heavy (non-hydrogen) atoms. The van der Waals surface area contributed by atoms with E-state index in [-0.39, 0.29) is 12.5 Å². The van der Waals surface area contributed by atoms with Crippen LogP contribution in [0.1, 0.15) is 20.3 Å². The van der Waals surface area contributed by atoms with Crippen molar-refractivity contribution < 1.29 is 4.79 Å². The van der Waals surface area contributed by atoms with E-state index in [0.717, 1.165) is 31.6 Å². The first-order valence-electron chi connectivity index (χ1n) is 9.10. The summed E-state index contributed by atoms with van der Waals surface area (Å²) in [6.45, 7) is 11.5. The number of aliphatic imine (C=N–C) groups is 1. The molecule has 0 fully saturated rings. The minimum atomic E-state index is -0.0253. The number of benzene rings is 1. The van der Waals surface area contributed by atoms with Crippen LogP contribution < -0.4 is 15.5 Å². The molecule has 0 aliphatic rings. The lowest BCUT2D eigenvalue weighted by atomic mass is 10.2. The molecular weight excluding hydrogens is 326 g/mol. The fourth-order valence-corrected chi connectivity index (χ4v) is 2.28. The minimum absolute atomic E-state index is 0.0253. The van der Waals surface area contributed by atoms with Gasteiger partial charge in [-0.3, -0.25) is 4.79 Å². The van der Waals surface area contributed by atoms with E-state index in [1.165, 1.54) is 5.69 Å². The van der Waals surface area contributed by atoms with Crippen molar-refractivity contribution in [2.75, 3.05) is 51.7 Å². The average molecular weight is 360 g/mol. The largest absolute Gasteiger partial charge is 0.372 e. The highest BCUT2D eigenvalue weighted by atomic mass is 16.2. The van der Waals surface area contributed by atoms with Gasteiger partial charge in [-0.15, -0.1) is 0 Å². The van der Waals surface area contributed by atoms with Gasteiger partial charge in [-0.1, -0.05) is 30.4 Å². The van der Waals surface area contributed by atoms with Crippen molar-refractivity contribution in [1.82, 2.24) is 15.5 Å². The Morgan fingerprint density at radius 3 is 2.46 bits per heavy atom. The fraction of sp³-hybridized carbons (Fsp3) is 0.500. The highest BCUT2D eigenvalue weighted by molar-refractivity contribution is 5.84. The summed E-state index contributed by atoms with van der Waals surface area (Å²) in [5.41, 5.74) is 2.25. The number of hydrogen-bond donors (Lipinski definition) is 2. The van der Waals surface area contributed by atoms with Gasteiger partial charge < -0.3 is 20.4 Å². The van der Waals surface area contributed by atoms with Crippen LogP contribution in [0.2, 0.25) is 0 Å². The van der Waals surface area contributed by atoms with Crippen LogP contribution in [0.25, 0.3) is 0 Å². The molecule has 1 aromatic rings. The van der Waals surface area contributed by atoms with Crippen molar-refractivity contribution in [3.05, 3.63) is 42.5 Å². The third-order valence-corrected chi connectivity index (χ3v) is 3.83. The zero-order valence-electron chi connectivity index (χ0n) is 16.6. The smallest absolute Gasteiger partial charge is 0.243 e. The molecule has 2 N–H and O–H groups in total. The van der Waals surface area contributed by atoms with Crippen molar-refractivity contribution in [2.24, 2.45) is 4.99 Å². The van der Waals surface area contributed by atoms with E-state index >= 15 is 0 Å². The van der Waals surface area contributed by atoms with Gasteiger partial charge in [0.25, 0.3) is 0 Å². The molecule has 1 amide bonds. The van der Waals surface area contributed by atoms with Crippen LogP contribution in [0, 0.1) is 0 Å². The summed E-state index contributed by atoms with van der Waals surface area (Å²) in [5, 5.41) is 6.50. The summed E-state index contributed by atoms with van der Waals surface area (Å²) in [5.74, 6) is 0.619. The first kappa shape index (κ1) is 21.5. The molecule has 0 saturated heterocycles. The Labute approximate surface area is 158 Å². The summed E-state index contributed by atoms with van der Waals surface area (Å²) < 4.78 is 0. The van der Waals surface area contributed by atoms with E-state index in [2.05, 4.69) is 58.3 Å². The molecule has 1 rings (SSSR count). The fourth-order valence-electron chi connectivity index (χ4n) is 2.28. The molecule has 0 heterocycles. The number of carbonyl (C=O) groups is 1. The Morgan fingerprint density at radius 1 is 1.19 bits per heavy atom. The molecule has 0 aliphatic heterocycles. The Kier molecular flexibility index (Phi) is 9.90. The van der Waals surface area contributed by atoms with Crippen molar-refractivity contribution in [2.45, 2.75) is 20.3 Å². The number of nitrogens with one attached hydrogen (secondary N) is 2. The normalized spacial score (nSPS) is 11.0. The van der Waals surface area contributed by atoms with E-state index in [1.807, 2.05) is 13.0 Å². The topological polar surface area (TPSA) is 60.0 Å². The maximum atomic E-state index is 11.7. The molecule has 0 spiro atoms. The first-order valence-corrected chi connectivity index (χ1v) is 9.10. The van der Waals surface area contributed by atoms with Crippen LogP contribution in [0.4, 0.5) is 5.69 Å². The van der Waals surface area contributed by atoms with Crippen LogP contribution in [0.15, 0.2) is 47.5 Å². The SMILES string of the molecule is C=C(C)CNC(=NCC(=O)N(C)C)NCCCN(CC)c1ccccc1. The average Bonchev–Trinajstić information content (AvgIpc) is 2.63. The van der Waals surface area contributed by atoms with E-state index in [1.54, 1.807) is 19.0 Å². The van der Waals surface area contributed by atoms with Crippen LogP contribution in [0.3, 0.4) is 0 Å². The lowest BCUT2D eigenvalue weighted by molar-refractivity contribution is -0.127. The van der Waals surface area contributed by atoms with Gasteiger partial charge in [0.2, 0.25) is 5.91 Å². The summed E-state index contributed by atoms with van der Waals surface area (Å²) in [6.07, 6.45) is 0.970. The number of guanidine groups is 1. The first-order chi connectivity index (χ1) is 12.4. The Balaban J connectivity index is 2.50. The van der Waals surface area contributed by atoms with Gasteiger partial charge in [-0.25, -0.2) is 4.99 Å². The Morgan fingerprint density at radius 2 is 1.88 bits per heavy atom. The zero-order valence-corrected chi connectivity index (χ0v) is 16.6. The summed E-state index contributed by atoms with van der Waals surface area (Å²) in [7, 11) is 3.46. The number of hydrogen-bond acceptors (Lipinski definition) is 3. The van der Waals surface area contributed by atoms with Crippen LogP contribution in [0.5, 0.6) is 0 Å². The minimum Gasteiger partial charge on any atom is -0.372 e.